The Hall–Kier alpha value is -0.940. The van der Waals surface area contributed by atoms with Crippen molar-refractivity contribution in [2.75, 3.05) is 0 Å². The molecule has 1 saturated carbocycles. The summed E-state index contributed by atoms with van der Waals surface area (Å²) in [6, 6.07) is 11.0. The summed E-state index contributed by atoms with van der Waals surface area (Å²) in [7, 11) is 0. The maximum atomic E-state index is 9.02. The van der Waals surface area contributed by atoms with E-state index in [1.807, 2.05) is 11.8 Å². The molecule has 0 aromatic heterocycles. The first-order chi connectivity index (χ1) is 7.81. The van der Waals surface area contributed by atoms with Gasteiger partial charge in [-0.25, -0.2) is 0 Å². The molecule has 0 heterocycles. The Kier molecular flexibility index (Phi) is 3.90. The third-order valence-electron chi connectivity index (χ3n) is 3.33. The summed E-state index contributed by atoms with van der Waals surface area (Å²) in [6.45, 7) is 2.16. The molecule has 0 amide bonds. The van der Waals surface area contributed by atoms with E-state index in [2.05, 4.69) is 37.3 Å². The number of aryl methyl sites for hydroxylation is 1. The lowest BCUT2D eigenvalue weighted by atomic mass is 10.1. The summed E-state index contributed by atoms with van der Waals surface area (Å²) in [5.74, 6) is 1.34. The molecule has 2 heteroatoms. The van der Waals surface area contributed by atoms with Crippen molar-refractivity contribution >= 4 is 11.8 Å². The monoisotopic (exact) mass is 231 g/mol. The average molecular weight is 231 g/mol. The van der Waals surface area contributed by atoms with Gasteiger partial charge in [-0.3, -0.25) is 0 Å². The SMILES string of the molecule is Cc1ccccc1CSC1CCCC1C#N. The number of hydrogen-bond donors (Lipinski definition) is 0. The Morgan fingerprint density at radius 3 is 2.94 bits per heavy atom. The van der Waals surface area contributed by atoms with Gasteiger partial charge in [-0.2, -0.15) is 17.0 Å². The van der Waals surface area contributed by atoms with Crippen LogP contribution in [0.1, 0.15) is 30.4 Å². The second kappa shape index (κ2) is 5.41. The molecule has 1 fully saturated rings. The Morgan fingerprint density at radius 1 is 1.38 bits per heavy atom. The molecule has 84 valence electrons. The molecule has 1 nitrogen and oxygen atoms in total. The van der Waals surface area contributed by atoms with Crippen molar-refractivity contribution in [2.24, 2.45) is 5.92 Å². The fraction of sp³-hybridized carbons (Fsp3) is 0.500. The molecular formula is C14H17NS. The molecule has 0 N–H and O–H groups in total. The van der Waals surface area contributed by atoms with Gasteiger partial charge < -0.3 is 0 Å². The minimum Gasteiger partial charge on any atom is -0.198 e. The predicted molar refractivity (Wildman–Crippen MR) is 69.2 cm³/mol. The average Bonchev–Trinajstić information content (AvgIpc) is 2.75. The quantitative estimate of drug-likeness (QED) is 0.787. The largest absolute Gasteiger partial charge is 0.198 e. The van der Waals surface area contributed by atoms with Crippen molar-refractivity contribution in [2.45, 2.75) is 37.2 Å². The number of nitriles is 1. The number of benzene rings is 1. The number of rotatable bonds is 3. The van der Waals surface area contributed by atoms with Crippen LogP contribution in [0.15, 0.2) is 24.3 Å². The second-order valence-corrected chi connectivity index (χ2v) is 5.67. The van der Waals surface area contributed by atoms with Gasteiger partial charge in [0.25, 0.3) is 0 Å². The Morgan fingerprint density at radius 2 is 2.19 bits per heavy atom. The first-order valence-electron chi connectivity index (χ1n) is 5.87. The molecule has 2 atom stereocenters. The van der Waals surface area contributed by atoms with E-state index in [1.165, 1.54) is 24.0 Å². The molecule has 1 aliphatic rings. The fourth-order valence-corrected chi connectivity index (χ4v) is 3.72. The number of nitrogens with zero attached hydrogens (tertiary/aromatic N) is 1. The van der Waals surface area contributed by atoms with Crippen LogP contribution in [0.5, 0.6) is 0 Å². The minimum absolute atomic E-state index is 0.286. The molecule has 0 radical (unpaired) electrons. The lowest BCUT2D eigenvalue weighted by Crippen LogP contribution is -2.08. The molecule has 1 aromatic carbocycles. The van der Waals surface area contributed by atoms with Gasteiger partial charge in [0.05, 0.1) is 12.0 Å². The molecule has 0 spiro atoms. The number of thioether (sulfide) groups is 1. The molecule has 2 rings (SSSR count). The van der Waals surface area contributed by atoms with Gasteiger partial charge in [0.15, 0.2) is 0 Å². The lowest BCUT2D eigenvalue weighted by Gasteiger charge is -2.13. The topological polar surface area (TPSA) is 23.8 Å². The molecule has 1 aliphatic carbocycles. The highest BCUT2D eigenvalue weighted by Gasteiger charge is 2.27. The van der Waals surface area contributed by atoms with Crippen LogP contribution in [-0.4, -0.2) is 5.25 Å². The van der Waals surface area contributed by atoms with E-state index in [9.17, 15) is 0 Å². The smallest absolute Gasteiger partial charge is 0.0667 e. The standard InChI is InChI=1S/C14H17NS/c1-11-5-2-3-6-13(11)10-16-14-8-4-7-12(14)9-15/h2-3,5-6,12,14H,4,7-8,10H2,1H3. The normalized spacial score (nSPS) is 24.2. The predicted octanol–water partition coefficient (Wildman–Crippen LogP) is 3.92. The Labute approximate surface area is 102 Å². The fourth-order valence-electron chi connectivity index (χ4n) is 2.24. The van der Waals surface area contributed by atoms with E-state index in [1.54, 1.807) is 0 Å². The van der Waals surface area contributed by atoms with E-state index in [0.717, 1.165) is 12.2 Å². The molecule has 1 aromatic rings. The van der Waals surface area contributed by atoms with Crippen molar-refractivity contribution in [1.82, 2.24) is 0 Å². The van der Waals surface area contributed by atoms with Crippen molar-refractivity contribution < 1.29 is 0 Å². The zero-order chi connectivity index (χ0) is 11.4. The van der Waals surface area contributed by atoms with E-state index in [0.29, 0.717) is 5.25 Å². The first kappa shape index (κ1) is 11.5. The molecular weight excluding hydrogens is 214 g/mol. The van der Waals surface area contributed by atoms with Crippen LogP contribution < -0.4 is 0 Å². The third-order valence-corrected chi connectivity index (χ3v) is 4.80. The maximum Gasteiger partial charge on any atom is 0.0667 e. The Balaban J connectivity index is 1.93. The van der Waals surface area contributed by atoms with Gasteiger partial charge in [0.1, 0.15) is 0 Å². The van der Waals surface area contributed by atoms with Crippen LogP contribution in [0.3, 0.4) is 0 Å². The van der Waals surface area contributed by atoms with Crippen molar-refractivity contribution in [3.8, 4) is 6.07 Å². The first-order valence-corrected chi connectivity index (χ1v) is 6.92. The van der Waals surface area contributed by atoms with E-state index < -0.39 is 0 Å². The highest BCUT2D eigenvalue weighted by atomic mass is 32.2. The lowest BCUT2D eigenvalue weighted by molar-refractivity contribution is 0.714. The third kappa shape index (κ3) is 2.59. The maximum absolute atomic E-state index is 9.02. The van der Waals surface area contributed by atoms with Crippen LogP contribution in [0.4, 0.5) is 0 Å². The van der Waals surface area contributed by atoms with Gasteiger partial charge in [0.2, 0.25) is 0 Å². The van der Waals surface area contributed by atoms with Gasteiger partial charge in [-0.1, -0.05) is 30.7 Å². The van der Waals surface area contributed by atoms with Crippen molar-refractivity contribution in [3.63, 3.8) is 0 Å². The zero-order valence-corrected chi connectivity index (χ0v) is 10.5. The van der Waals surface area contributed by atoms with Gasteiger partial charge >= 0.3 is 0 Å². The van der Waals surface area contributed by atoms with E-state index in [4.69, 9.17) is 5.26 Å². The Bertz CT molecular complexity index is 394. The van der Waals surface area contributed by atoms with Crippen molar-refractivity contribution in [1.29, 1.82) is 5.26 Å². The highest BCUT2D eigenvalue weighted by Crippen LogP contribution is 2.36. The summed E-state index contributed by atoms with van der Waals surface area (Å²) < 4.78 is 0. The summed E-state index contributed by atoms with van der Waals surface area (Å²) in [6.07, 6.45) is 3.54. The van der Waals surface area contributed by atoms with Crippen LogP contribution in [0, 0.1) is 24.2 Å². The van der Waals surface area contributed by atoms with Crippen LogP contribution >= 0.6 is 11.8 Å². The van der Waals surface area contributed by atoms with Gasteiger partial charge in [-0.05, 0) is 30.9 Å². The van der Waals surface area contributed by atoms with Gasteiger partial charge in [-0.15, -0.1) is 0 Å². The second-order valence-electron chi connectivity index (χ2n) is 4.44. The molecule has 0 aliphatic heterocycles. The number of hydrogen-bond acceptors (Lipinski definition) is 2. The summed E-state index contributed by atoms with van der Waals surface area (Å²) in [5.41, 5.74) is 2.78. The van der Waals surface area contributed by atoms with E-state index in [-0.39, 0.29) is 5.92 Å². The zero-order valence-electron chi connectivity index (χ0n) is 9.65. The molecule has 0 bridgehead atoms. The summed E-state index contributed by atoms with van der Waals surface area (Å²) in [4.78, 5) is 0. The molecule has 16 heavy (non-hydrogen) atoms. The van der Waals surface area contributed by atoms with Crippen molar-refractivity contribution in [3.05, 3.63) is 35.4 Å². The highest BCUT2D eigenvalue weighted by molar-refractivity contribution is 7.99. The molecule has 2 unspecified atom stereocenters. The van der Waals surface area contributed by atoms with Crippen LogP contribution in [0.2, 0.25) is 0 Å². The van der Waals surface area contributed by atoms with E-state index >= 15 is 0 Å². The van der Waals surface area contributed by atoms with Gasteiger partial charge in [0, 0.05) is 11.0 Å². The summed E-state index contributed by atoms with van der Waals surface area (Å²) >= 11 is 1.96. The summed E-state index contributed by atoms with van der Waals surface area (Å²) in [5, 5.41) is 9.58. The van der Waals surface area contributed by atoms with Crippen LogP contribution in [0.25, 0.3) is 0 Å². The molecule has 0 saturated heterocycles. The minimum atomic E-state index is 0.286. The van der Waals surface area contributed by atoms with Crippen LogP contribution in [-0.2, 0) is 5.75 Å².